The highest BCUT2D eigenvalue weighted by molar-refractivity contribution is 6.24. The number of piperidine rings is 1. The van der Waals surface area contributed by atoms with E-state index in [1.165, 1.54) is 0 Å². The van der Waals surface area contributed by atoms with Gasteiger partial charge >= 0.3 is 0 Å². The number of methoxy groups -OCH3 is 1. The van der Waals surface area contributed by atoms with E-state index in [1.54, 1.807) is 19.2 Å². The van der Waals surface area contributed by atoms with Crippen molar-refractivity contribution in [1.82, 2.24) is 15.1 Å². The first-order chi connectivity index (χ1) is 14.2. The predicted molar refractivity (Wildman–Crippen MR) is 106 cm³/mol. The predicted octanol–water partition coefficient (Wildman–Crippen LogP) is 0.0259. The van der Waals surface area contributed by atoms with Crippen LogP contribution in [0.5, 0.6) is 0 Å². The minimum atomic E-state index is -0.970. The van der Waals surface area contributed by atoms with Gasteiger partial charge in [-0.15, -0.1) is 0 Å². The number of nitrogens with two attached hydrogens (primary N) is 1. The molecule has 0 spiro atoms. The second kappa shape index (κ2) is 7.57. The number of hydrogen-bond donors (Lipinski definition) is 2. The van der Waals surface area contributed by atoms with Crippen molar-refractivity contribution in [1.29, 1.82) is 0 Å². The quantitative estimate of drug-likeness (QED) is 0.652. The summed E-state index contributed by atoms with van der Waals surface area (Å²) in [7, 11) is 1.65. The molecule has 9 nitrogen and oxygen atoms in total. The lowest BCUT2D eigenvalue weighted by Crippen LogP contribution is -2.54. The molecule has 0 aliphatic carbocycles. The van der Waals surface area contributed by atoms with Crippen LogP contribution in [-0.4, -0.2) is 71.3 Å². The van der Waals surface area contributed by atoms with E-state index in [2.05, 4.69) is 17.1 Å². The maximum atomic E-state index is 13.3. The Labute approximate surface area is 174 Å². The third-order valence-corrected chi connectivity index (χ3v) is 6.29. The molecule has 3 aliphatic heterocycles. The van der Waals surface area contributed by atoms with E-state index in [0.717, 1.165) is 16.9 Å². The molecule has 3 heterocycles. The molecule has 4 amide bonds. The normalized spacial score (nSPS) is 29.5. The number of nitrogens with zero attached hydrogens (tertiary/aromatic N) is 2. The van der Waals surface area contributed by atoms with E-state index in [4.69, 9.17) is 10.5 Å². The van der Waals surface area contributed by atoms with Crippen molar-refractivity contribution in [3.63, 3.8) is 0 Å². The number of carbonyl (C=O) groups excluding carboxylic acids is 4. The Morgan fingerprint density at radius 3 is 2.70 bits per heavy atom. The molecular formula is C21H26N4O5. The number of fused-ring (bicyclic) bond motifs is 1. The van der Waals surface area contributed by atoms with Crippen LogP contribution in [0.2, 0.25) is 0 Å². The Kier molecular flexibility index (Phi) is 5.21. The summed E-state index contributed by atoms with van der Waals surface area (Å²) in [6.07, 6.45) is 1.00. The molecule has 1 aromatic carbocycles. The molecular weight excluding hydrogens is 388 g/mol. The molecule has 4 rings (SSSR count). The maximum absolute atomic E-state index is 13.3. The number of ether oxygens (including phenoxy) is 1. The Bertz CT molecular complexity index is 932. The van der Waals surface area contributed by atoms with Gasteiger partial charge < -0.3 is 10.5 Å². The number of amides is 4. The molecule has 3 atom stereocenters. The zero-order chi connectivity index (χ0) is 21.6. The topological polar surface area (TPSA) is 122 Å². The Hall–Kier alpha value is -2.62. The zero-order valence-electron chi connectivity index (χ0n) is 17.1. The summed E-state index contributed by atoms with van der Waals surface area (Å²) < 4.78 is 5.39. The van der Waals surface area contributed by atoms with Gasteiger partial charge in [0.05, 0.1) is 17.7 Å². The fraction of sp³-hybridized carbons (Fsp3) is 0.524. The lowest BCUT2D eigenvalue weighted by Gasteiger charge is -2.34. The number of carbonyl (C=O) groups is 4. The summed E-state index contributed by atoms with van der Waals surface area (Å²) in [5.41, 5.74) is 7.26. The van der Waals surface area contributed by atoms with E-state index in [-0.39, 0.29) is 24.4 Å². The van der Waals surface area contributed by atoms with Crippen molar-refractivity contribution in [3.8, 4) is 0 Å². The van der Waals surface area contributed by atoms with Gasteiger partial charge in [-0.3, -0.25) is 34.3 Å². The standard InChI is InChI=1S/C21H26N4O5/c1-21(11-30-2)8-13(22)10-24(21)9-12-4-3-5-14-17(12)20(29)25(19(14)28)15-6-7-16(26)23-18(15)27/h3-5,13,15H,6-11,22H2,1-2H3,(H,23,26,27). The molecule has 3 unspecified atom stereocenters. The van der Waals surface area contributed by atoms with Crippen LogP contribution in [0, 0.1) is 0 Å². The van der Waals surface area contributed by atoms with Gasteiger partial charge in [0.25, 0.3) is 11.8 Å². The van der Waals surface area contributed by atoms with E-state index in [9.17, 15) is 19.2 Å². The van der Waals surface area contributed by atoms with Gasteiger partial charge in [0.2, 0.25) is 11.8 Å². The van der Waals surface area contributed by atoms with Gasteiger partial charge in [0, 0.05) is 38.2 Å². The lowest BCUT2D eigenvalue weighted by molar-refractivity contribution is -0.136. The Balaban J connectivity index is 1.64. The van der Waals surface area contributed by atoms with E-state index < -0.39 is 29.7 Å². The van der Waals surface area contributed by atoms with Gasteiger partial charge in [0.15, 0.2) is 0 Å². The van der Waals surface area contributed by atoms with Crippen LogP contribution in [0.1, 0.15) is 52.5 Å². The lowest BCUT2D eigenvalue weighted by atomic mass is 9.97. The third kappa shape index (κ3) is 3.32. The highest BCUT2D eigenvalue weighted by Crippen LogP contribution is 2.34. The minimum Gasteiger partial charge on any atom is -0.383 e. The van der Waals surface area contributed by atoms with Crippen molar-refractivity contribution in [3.05, 3.63) is 34.9 Å². The summed E-state index contributed by atoms with van der Waals surface area (Å²) >= 11 is 0. The zero-order valence-corrected chi connectivity index (χ0v) is 17.1. The van der Waals surface area contributed by atoms with Crippen molar-refractivity contribution < 1.29 is 23.9 Å². The van der Waals surface area contributed by atoms with Crippen LogP contribution in [-0.2, 0) is 20.9 Å². The number of benzene rings is 1. The number of imide groups is 2. The molecule has 2 saturated heterocycles. The summed E-state index contributed by atoms with van der Waals surface area (Å²) in [6.45, 7) is 3.68. The molecule has 160 valence electrons. The first-order valence-corrected chi connectivity index (χ1v) is 10.1. The fourth-order valence-electron chi connectivity index (χ4n) is 4.90. The number of rotatable bonds is 5. The SMILES string of the molecule is COCC1(C)CC(N)CN1Cc1cccc2c1C(=O)N(C1CCC(=O)NC1=O)C2=O. The first kappa shape index (κ1) is 20.6. The van der Waals surface area contributed by atoms with E-state index >= 15 is 0 Å². The molecule has 9 heteroatoms. The second-order valence-electron chi connectivity index (χ2n) is 8.56. The number of hydrogen-bond acceptors (Lipinski definition) is 7. The smallest absolute Gasteiger partial charge is 0.262 e. The summed E-state index contributed by atoms with van der Waals surface area (Å²) in [6, 6.07) is 4.21. The largest absolute Gasteiger partial charge is 0.383 e. The Morgan fingerprint density at radius 1 is 1.23 bits per heavy atom. The maximum Gasteiger partial charge on any atom is 0.262 e. The van der Waals surface area contributed by atoms with Crippen LogP contribution < -0.4 is 11.1 Å². The molecule has 3 aliphatic rings. The molecule has 30 heavy (non-hydrogen) atoms. The van der Waals surface area contributed by atoms with Crippen LogP contribution >= 0.6 is 0 Å². The molecule has 3 N–H and O–H groups in total. The summed E-state index contributed by atoms with van der Waals surface area (Å²) in [5.74, 6) is -1.99. The van der Waals surface area contributed by atoms with Crippen molar-refractivity contribution in [2.75, 3.05) is 20.3 Å². The van der Waals surface area contributed by atoms with Crippen LogP contribution in [0.25, 0.3) is 0 Å². The van der Waals surface area contributed by atoms with Crippen LogP contribution in [0.3, 0.4) is 0 Å². The second-order valence-corrected chi connectivity index (χ2v) is 8.56. The average molecular weight is 414 g/mol. The third-order valence-electron chi connectivity index (χ3n) is 6.29. The fourth-order valence-corrected chi connectivity index (χ4v) is 4.90. The molecule has 1 aromatic rings. The molecule has 0 radical (unpaired) electrons. The first-order valence-electron chi connectivity index (χ1n) is 10.1. The van der Waals surface area contributed by atoms with Crippen molar-refractivity contribution >= 4 is 23.6 Å². The highest BCUT2D eigenvalue weighted by Gasteiger charge is 2.46. The molecule has 0 bridgehead atoms. The Morgan fingerprint density at radius 2 is 2.00 bits per heavy atom. The number of nitrogens with one attached hydrogen (secondary N) is 1. The van der Waals surface area contributed by atoms with Gasteiger partial charge in [-0.2, -0.15) is 0 Å². The number of likely N-dealkylation sites (tertiary alicyclic amines) is 1. The van der Waals surface area contributed by atoms with Crippen LogP contribution in [0.4, 0.5) is 0 Å². The molecule has 0 aromatic heterocycles. The summed E-state index contributed by atoms with van der Waals surface area (Å²) in [4.78, 5) is 53.2. The highest BCUT2D eigenvalue weighted by atomic mass is 16.5. The van der Waals surface area contributed by atoms with Gasteiger partial charge in [-0.05, 0) is 31.4 Å². The molecule has 2 fully saturated rings. The van der Waals surface area contributed by atoms with E-state index in [1.807, 2.05) is 6.07 Å². The molecule has 0 saturated carbocycles. The van der Waals surface area contributed by atoms with Crippen molar-refractivity contribution in [2.24, 2.45) is 5.73 Å². The van der Waals surface area contributed by atoms with E-state index in [0.29, 0.717) is 30.8 Å². The van der Waals surface area contributed by atoms with Gasteiger partial charge in [0.1, 0.15) is 6.04 Å². The monoisotopic (exact) mass is 414 g/mol. The average Bonchev–Trinajstić information content (AvgIpc) is 3.09. The summed E-state index contributed by atoms with van der Waals surface area (Å²) in [5, 5.41) is 2.22. The minimum absolute atomic E-state index is 0.000727. The van der Waals surface area contributed by atoms with Crippen molar-refractivity contribution in [2.45, 2.75) is 50.4 Å². The van der Waals surface area contributed by atoms with Crippen LogP contribution in [0.15, 0.2) is 18.2 Å². The van der Waals surface area contributed by atoms with Gasteiger partial charge in [-0.1, -0.05) is 12.1 Å². The van der Waals surface area contributed by atoms with Gasteiger partial charge in [-0.25, -0.2) is 0 Å².